The van der Waals surface area contributed by atoms with Crippen molar-refractivity contribution < 1.29 is 24.2 Å². The maximum Gasteiger partial charge on any atom is 0.410 e. The van der Waals surface area contributed by atoms with Gasteiger partial charge in [-0.05, 0) is 65.0 Å². The molecular formula is C22H31N3O5. The fourth-order valence-electron chi connectivity index (χ4n) is 4.64. The van der Waals surface area contributed by atoms with E-state index in [0.29, 0.717) is 38.1 Å². The van der Waals surface area contributed by atoms with Crippen LogP contribution in [0.25, 0.3) is 0 Å². The van der Waals surface area contributed by atoms with Gasteiger partial charge in [0.2, 0.25) is 0 Å². The molecule has 0 aromatic heterocycles. The van der Waals surface area contributed by atoms with E-state index in [1.54, 1.807) is 22.2 Å². The lowest BCUT2D eigenvalue weighted by atomic mass is 9.81. The molecule has 2 amide bonds. The zero-order valence-corrected chi connectivity index (χ0v) is 18.0. The molecule has 2 saturated heterocycles. The number of carbonyl (C=O) groups excluding carboxylic acids is 2. The van der Waals surface area contributed by atoms with Gasteiger partial charge in [0.1, 0.15) is 11.4 Å². The predicted octanol–water partition coefficient (Wildman–Crippen LogP) is 2.95. The van der Waals surface area contributed by atoms with Gasteiger partial charge < -0.3 is 19.5 Å². The second kappa shape index (κ2) is 7.72. The number of aliphatic imine (C=N–C) groups is 1. The highest BCUT2D eigenvalue weighted by atomic mass is 16.6. The largest absolute Gasteiger partial charge is 0.508 e. The first-order valence-corrected chi connectivity index (χ1v) is 10.7. The van der Waals surface area contributed by atoms with E-state index in [9.17, 15) is 14.7 Å². The van der Waals surface area contributed by atoms with Gasteiger partial charge in [0.05, 0.1) is 18.0 Å². The first-order chi connectivity index (χ1) is 14.2. The first kappa shape index (κ1) is 20.9. The quantitative estimate of drug-likeness (QED) is 0.708. The summed E-state index contributed by atoms with van der Waals surface area (Å²) >= 11 is 0. The van der Waals surface area contributed by atoms with Crippen molar-refractivity contribution in [3.63, 3.8) is 0 Å². The van der Waals surface area contributed by atoms with Gasteiger partial charge in [-0.15, -0.1) is 0 Å². The zero-order chi connectivity index (χ0) is 21.5. The number of carbonyl (C=O) groups is 2. The van der Waals surface area contributed by atoms with Crippen LogP contribution in [0.4, 0.5) is 4.79 Å². The standard InChI is InChI=1S/C22H31N3O5/c1-21(2,3)30-20(28)24-9-7-22(8-10-24)13-15(6-11-29-22)25-14-23-18-5-4-16(26)12-17(18)19(25)27/h4,12,14-15,18,26H,5-11,13H2,1-3H3. The van der Waals surface area contributed by atoms with Crippen LogP contribution in [0.1, 0.15) is 52.9 Å². The summed E-state index contributed by atoms with van der Waals surface area (Å²) in [6.45, 7) is 7.33. The van der Waals surface area contributed by atoms with Crippen LogP contribution in [0.2, 0.25) is 0 Å². The molecule has 0 aromatic rings. The lowest BCUT2D eigenvalue weighted by Crippen LogP contribution is -2.56. The van der Waals surface area contributed by atoms with Crippen LogP contribution in [0, 0.1) is 0 Å². The number of allylic oxidation sites excluding steroid dienone is 1. The Morgan fingerprint density at radius 3 is 2.77 bits per heavy atom. The number of rotatable bonds is 1. The molecule has 1 aliphatic carbocycles. The van der Waals surface area contributed by atoms with Crippen molar-refractivity contribution in [1.82, 2.24) is 9.80 Å². The van der Waals surface area contributed by atoms with E-state index in [1.165, 1.54) is 6.08 Å². The number of hydrogen-bond acceptors (Lipinski definition) is 6. The van der Waals surface area contributed by atoms with Crippen molar-refractivity contribution >= 4 is 18.3 Å². The molecule has 2 unspecified atom stereocenters. The molecule has 0 bridgehead atoms. The molecular weight excluding hydrogens is 386 g/mol. The average molecular weight is 418 g/mol. The van der Waals surface area contributed by atoms with Gasteiger partial charge in [-0.25, -0.2) is 4.79 Å². The van der Waals surface area contributed by atoms with Crippen LogP contribution in [-0.4, -0.2) is 76.2 Å². The summed E-state index contributed by atoms with van der Waals surface area (Å²) in [6.07, 6.45) is 8.05. The number of fused-ring (bicyclic) bond motifs is 1. The highest BCUT2D eigenvalue weighted by Gasteiger charge is 2.45. The minimum absolute atomic E-state index is 0.00187. The van der Waals surface area contributed by atoms with E-state index in [2.05, 4.69) is 4.99 Å². The summed E-state index contributed by atoms with van der Waals surface area (Å²) in [5.74, 6) is 0.0486. The molecule has 1 spiro atoms. The van der Waals surface area contributed by atoms with Gasteiger partial charge in [-0.3, -0.25) is 14.7 Å². The number of aliphatic hydroxyl groups excluding tert-OH is 1. The Morgan fingerprint density at radius 2 is 2.07 bits per heavy atom. The molecule has 0 saturated carbocycles. The van der Waals surface area contributed by atoms with Gasteiger partial charge in [0, 0.05) is 31.3 Å². The third-order valence-corrected chi connectivity index (χ3v) is 6.25. The van der Waals surface area contributed by atoms with Crippen LogP contribution in [-0.2, 0) is 14.3 Å². The lowest BCUT2D eigenvalue weighted by Gasteiger charge is -2.48. The number of nitrogens with zero attached hydrogens (tertiary/aromatic N) is 3. The van der Waals surface area contributed by atoms with Crippen LogP contribution in [0.15, 0.2) is 28.5 Å². The average Bonchev–Trinajstić information content (AvgIpc) is 2.68. The van der Waals surface area contributed by atoms with E-state index in [1.807, 2.05) is 20.8 Å². The Labute approximate surface area is 177 Å². The summed E-state index contributed by atoms with van der Waals surface area (Å²) in [5.41, 5.74) is -0.296. The molecule has 2 fully saturated rings. The number of likely N-dealkylation sites (tertiary alicyclic amines) is 1. The first-order valence-electron chi connectivity index (χ1n) is 10.7. The minimum Gasteiger partial charge on any atom is -0.508 e. The third kappa shape index (κ3) is 4.24. The summed E-state index contributed by atoms with van der Waals surface area (Å²) in [7, 11) is 0. The molecule has 1 N–H and O–H groups in total. The minimum atomic E-state index is -0.512. The second-order valence-electron chi connectivity index (χ2n) is 9.60. The molecule has 3 heterocycles. The smallest absolute Gasteiger partial charge is 0.410 e. The molecule has 8 nitrogen and oxygen atoms in total. The molecule has 164 valence electrons. The number of hydrogen-bond donors (Lipinski definition) is 1. The normalized spacial score (nSPS) is 28.7. The molecule has 0 aromatic carbocycles. The molecule has 4 aliphatic rings. The highest BCUT2D eigenvalue weighted by Crippen LogP contribution is 2.38. The maximum absolute atomic E-state index is 13.1. The topological polar surface area (TPSA) is 91.7 Å². The van der Waals surface area contributed by atoms with E-state index >= 15 is 0 Å². The van der Waals surface area contributed by atoms with E-state index in [-0.39, 0.29) is 35.4 Å². The molecule has 3 aliphatic heterocycles. The van der Waals surface area contributed by atoms with E-state index in [4.69, 9.17) is 9.47 Å². The highest BCUT2D eigenvalue weighted by molar-refractivity contribution is 6.04. The number of ether oxygens (including phenoxy) is 2. The Morgan fingerprint density at radius 1 is 1.33 bits per heavy atom. The number of piperidine rings is 1. The predicted molar refractivity (Wildman–Crippen MR) is 111 cm³/mol. The van der Waals surface area contributed by atoms with Crippen molar-refractivity contribution in [2.24, 2.45) is 4.99 Å². The zero-order valence-electron chi connectivity index (χ0n) is 18.0. The molecule has 30 heavy (non-hydrogen) atoms. The van der Waals surface area contributed by atoms with Gasteiger partial charge in [-0.1, -0.05) is 0 Å². The maximum atomic E-state index is 13.1. The second-order valence-corrected chi connectivity index (χ2v) is 9.60. The molecule has 8 heteroatoms. The fraction of sp³-hybridized carbons (Fsp3) is 0.682. The summed E-state index contributed by atoms with van der Waals surface area (Å²) < 4.78 is 11.7. The Bertz CT molecular complexity index is 802. The number of aliphatic hydroxyl groups is 1. The van der Waals surface area contributed by atoms with Crippen molar-refractivity contribution in [2.45, 2.75) is 76.2 Å². The van der Waals surface area contributed by atoms with Gasteiger partial charge in [0.15, 0.2) is 0 Å². The van der Waals surface area contributed by atoms with Gasteiger partial charge in [-0.2, -0.15) is 0 Å². The Hall–Kier alpha value is -2.35. The SMILES string of the molecule is CC(C)(C)OC(=O)N1CCC2(CC1)CC(N1C=NC3CC=C(O)C=C3C1=O)CCO2. The van der Waals surface area contributed by atoms with Crippen LogP contribution >= 0.6 is 0 Å². The van der Waals surface area contributed by atoms with Crippen LogP contribution in [0.5, 0.6) is 0 Å². The summed E-state index contributed by atoms with van der Waals surface area (Å²) in [5, 5.41) is 9.80. The fourth-order valence-corrected chi connectivity index (χ4v) is 4.64. The van der Waals surface area contributed by atoms with Crippen molar-refractivity contribution in [1.29, 1.82) is 0 Å². The van der Waals surface area contributed by atoms with Crippen molar-refractivity contribution in [3.05, 3.63) is 23.5 Å². The Balaban J connectivity index is 1.41. The van der Waals surface area contributed by atoms with Crippen LogP contribution in [0.3, 0.4) is 0 Å². The van der Waals surface area contributed by atoms with E-state index in [0.717, 1.165) is 19.3 Å². The molecule has 0 radical (unpaired) electrons. The molecule has 4 rings (SSSR count). The van der Waals surface area contributed by atoms with E-state index < -0.39 is 5.60 Å². The van der Waals surface area contributed by atoms with Gasteiger partial charge >= 0.3 is 6.09 Å². The Kier molecular flexibility index (Phi) is 5.38. The van der Waals surface area contributed by atoms with Crippen molar-refractivity contribution in [3.8, 4) is 0 Å². The third-order valence-electron chi connectivity index (χ3n) is 6.25. The monoisotopic (exact) mass is 417 g/mol. The summed E-state index contributed by atoms with van der Waals surface area (Å²) in [6, 6.07) is -0.200. The van der Waals surface area contributed by atoms with Crippen molar-refractivity contribution in [2.75, 3.05) is 19.7 Å². The summed E-state index contributed by atoms with van der Waals surface area (Å²) in [4.78, 5) is 33.4. The molecule has 2 atom stereocenters. The number of amides is 2. The van der Waals surface area contributed by atoms with Gasteiger partial charge in [0.25, 0.3) is 5.91 Å². The lowest BCUT2D eigenvalue weighted by molar-refractivity contribution is -0.140. The van der Waals surface area contributed by atoms with Crippen LogP contribution < -0.4 is 0 Å².